The van der Waals surface area contributed by atoms with Gasteiger partial charge < -0.3 is 14.6 Å². The smallest absolute Gasteiger partial charge is 0.256 e. The van der Waals surface area contributed by atoms with Gasteiger partial charge in [-0.2, -0.15) is 0 Å². The molecule has 0 saturated carbocycles. The Morgan fingerprint density at radius 2 is 1.88 bits per heavy atom. The van der Waals surface area contributed by atoms with Gasteiger partial charge in [-0.3, -0.25) is 4.79 Å². The molecule has 1 fully saturated rings. The molecular formula is C20H26N2O2. The number of aryl methyl sites for hydroxylation is 2. The van der Waals surface area contributed by atoms with E-state index in [9.17, 15) is 4.79 Å². The van der Waals surface area contributed by atoms with E-state index >= 15 is 0 Å². The number of amides is 1. The number of carbonyl (C=O) groups is 1. The van der Waals surface area contributed by atoms with Crippen LogP contribution in [0.4, 0.5) is 0 Å². The fourth-order valence-electron chi connectivity index (χ4n) is 4.30. The lowest BCUT2D eigenvalue weighted by atomic mass is 10.0. The van der Waals surface area contributed by atoms with E-state index in [1.54, 1.807) is 0 Å². The summed E-state index contributed by atoms with van der Waals surface area (Å²) in [5, 5.41) is 1.24. The van der Waals surface area contributed by atoms with E-state index in [4.69, 9.17) is 4.74 Å². The lowest BCUT2D eigenvalue weighted by molar-refractivity contribution is -0.0585. The minimum absolute atomic E-state index is 0.0947. The maximum absolute atomic E-state index is 13.1. The van der Waals surface area contributed by atoms with Crippen LogP contribution in [0.2, 0.25) is 0 Å². The molecule has 0 bridgehead atoms. The average molecular weight is 326 g/mol. The number of hydrogen-bond donors (Lipinski definition) is 1. The van der Waals surface area contributed by atoms with Crippen molar-refractivity contribution in [1.29, 1.82) is 0 Å². The van der Waals surface area contributed by atoms with E-state index in [1.165, 1.54) is 35.9 Å². The van der Waals surface area contributed by atoms with E-state index in [0.29, 0.717) is 13.1 Å². The third-order valence-electron chi connectivity index (χ3n) is 5.32. The van der Waals surface area contributed by atoms with Crippen LogP contribution in [0, 0.1) is 0 Å². The summed E-state index contributed by atoms with van der Waals surface area (Å²) in [4.78, 5) is 18.7. The van der Waals surface area contributed by atoms with Gasteiger partial charge in [0.1, 0.15) is 0 Å². The van der Waals surface area contributed by atoms with Crippen molar-refractivity contribution in [3.8, 4) is 0 Å². The fraction of sp³-hybridized carbons (Fsp3) is 0.550. The molecule has 128 valence electrons. The predicted molar refractivity (Wildman–Crippen MR) is 95.5 cm³/mol. The van der Waals surface area contributed by atoms with Crippen LogP contribution < -0.4 is 0 Å². The van der Waals surface area contributed by atoms with Crippen molar-refractivity contribution >= 4 is 16.8 Å². The Balaban J connectivity index is 1.73. The van der Waals surface area contributed by atoms with Gasteiger partial charge in [-0.15, -0.1) is 0 Å². The van der Waals surface area contributed by atoms with Crippen LogP contribution in [0.1, 0.15) is 54.7 Å². The largest absolute Gasteiger partial charge is 0.372 e. The molecule has 2 aliphatic rings. The molecule has 1 aliphatic heterocycles. The monoisotopic (exact) mass is 326 g/mol. The minimum atomic E-state index is 0.0947. The van der Waals surface area contributed by atoms with Crippen LogP contribution >= 0.6 is 0 Å². The first-order chi connectivity index (χ1) is 11.6. The van der Waals surface area contributed by atoms with Crippen molar-refractivity contribution in [3.63, 3.8) is 0 Å². The number of ether oxygens (including phenoxy) is 1. The van der Waals surface area contributed by atoms with Gasteiger partial charge in [0.25, 0.3) is 5.91 Å². The van der Waals surface area contributed by atoms with Crippen molar-refractivity contribution < 1.29 is 9.53 Å². The topological polar surface area (TPSA) is 45.3 Å². The maximum Gasteiger partial charge on any atom is 0.256 e. The van der Waals surface area contributed by atoms with Crippen LogP contribution in [0.25, 0.3) is 10.9 Å². The molecule has 4 nitrogen and oxygen atoms in total. The average Bonchev–Trinajstić information content (AvgIpc) is 2.75. The molecule has 4 rings (SSSR count). The third kappa shape index (κ3) is 2.73. The zero-order chi connectivity index (χ0) is 16.7. The second-order valence-electron chi connectivity index (χ2n) is 7.34. The lowest BCUT2D eigenvalue weighted by Gasteiger charge is -2.35. The number of fused-ring (bicyclic) bond motifs is 3. The zero-order valence-corrected chi connectivity index (χ0v) is 14.6. The molecule has 2 heterocycles. The first-order valence-corrected chi connectivity index (χ1v) is 9.20. The molecule has 1 aromatic heterocycles. The second-order valence-corrected chi connectivity index (χ2v) is 7.34. The highest BCUT2D eigenvalue weighted by atomic mass is 16.5. The third-order valence-corrected chi connectivity index (χ3v) is 5.32. The molecule has 2 unspecified atom stereocenters. The Morgan fingerprint density at radius 1 is 1.12 bits per heavy atom. The lowest BCUT2D eigenvalue weighted by Crippen LogP contribution is -2.48. The number of H-pyrrole nitrogens is 1. The van der Waals surface area contributed by atoms with Crippen LogP contribution in [0.5, 0.6) is 0 Å². The number of hydrogen-bond acceptors (Lipinski definition) is 2. The number of carbonyl (C=O) groups excluding carboxylic acids is 1. The number of para-hydroxylation sites is 1. The van der Waals surface area contributed by atoms with Crippen molar-refractivity contribution in [2.24, 2.45) is 0 Å². The number of morpholine rings is 1. The van der Waals surface area contributed by atoms with Crippen molar-refractivity contribution in [2.45, 2.75) is 58.2 Å². The first kappa shape index (κ1) is 15.7. The summed E-state index contributed by atoms with van der Waals surface area (Å²) in [5.41, 5.74) is 4.61. The second kappa shape index (κ2) is 6.25. The van der Waals surface area contributed by atoms with Gasteiger partial charge in [0.05, 0.1) is 23.3 Å². The molecule has 1 N–H and O–H groups in total. The Bertz CT molecular complexity index is 754. The Labute approximate surface area is 143 Å². The highest BCUT2D eigenvalue weighted by Crippen LogP contribution is 2.31. The predicted octanol–water partition coefficient (Wildman–Crippen LogP) is 3.69. The quantitative estimate of drug-likeness (QED) is 0.813. The van der Waals surface area contributed by atoms with Crippen molar-refractivity contribution in [3.05, 3.63) is 35.0 Å². The molecule has 2 atom stereocenters. The highest BCUT2D eigenvalue weighted by molar-refractivity contribution is 6.06. The van der Waals surface area contributed by atoms with Gasteiger partial charge in [-0.25, -0.2) is 0 Å². The number of rotatable bonds is 1. The number of nitrogens with zero attached hydrogens (tertiary/aromatic N) is 1. The van der Waals surface area contributed by atoms with Gasteiger partial charge in [0.15, 0.2) is 0 Å². The van der Waals surface area contributed by atoms with Crippen LogP contribution in [0.15, 0.2) is 18.2 Å². The Morgan fingerprint density at radius 3 is 2.67 bits per heavy atom. The SMILES string of the molecule is CC1CN(C(=O)c2cccc3c4c([nH]c23)CCCCC4)CC(C)O1. The van der Waals surface area contributed by atoms with Crippen LogP contribution in [-0.4, -0.2) is 41.1 Å². The number of nitrogens with one attached hydrogen (secondary N) is 1. The van der Waals surface area contributed by atoms with E-state index in [0.717, 1.165) is 23.9 Å². The molecule has 4 heteroatoms. The van der Waals surface area contributed by atoms with E-state index < -0.39 is 0 Å². The van der Waals surface area contributed by atoms with E-state index in [-0.39, 0.29) is 18.1 Å². The number of aromatic nitrogens is 1. The van der Waals surface area contributed by atoms with Gasteiger partial charge in [0, 0.05) is 24.2 Å². The van der Waals surface area contributed by atoms with Crippen LogP contribution in [-0.2, 0) is 17.6 Å². The summed E-state index contributed by atoms with van der Waals surface area (Å²) in [6, 6.07) is 6.16. The summed E-state index contributed by atoms with van der Waals surface area (Å²) in [6.07, 6.45) is 6.20. The zero-order valence-electron chi connectivity index (χ0n) is 14.6. The Hall–Kier alpha value is -1.81. The summed E-state index contributed by atoms with van der Waals surface area (Å²) in [5.74, 6) is 0.124. The standard InChI is InChI=1S/C20H26N2O2/c1-13-11-22(12-14(2)24-13)20(23)17-9-6-8-16-15-7-4-3-5-10-18(15)21-19(16)17/h6,8-9,13-14,21H,3-5,7,10-12H2,1-2H3. The summed E-state index contributed by atoms with van der Waals surface area (Å²) in [6.45, 7) is 5.40. The van der Waals surface area contributed by atoms with Crippen LogP contribution in [0.3, 0.4) is 0 Å². The molecule has 1 aliphatic carbocycles. The summed E-state index contributed by atoms with van der Waals surface area (Å²) >= 11 is 0. The van der Waals surface area contributed by atoms with E-state index in [1.807, 2.05) is 30.9 Å². The number of benzene rings is 1. The van der Waals surface area contributed by atoms with Gasteiger partial charge in [0.2, 0.25) is 0 Å². The van der Waals surface area contributed by atoms with Gasteiger partial charge in [-0.1, -0.05) is 18.6 Å². The first-order valence-electron chi connectivity index (χ1n) is 9.20. The Kier molecular flexibility index (Phi) is 4.09. The molecule has 1 amide bonds. The molecular weight excluding hydrogens is 300 g/mol. The maximum atomic E-state index is 13.1. The molecule has 1 aromatic carbocycles. The normalized spacial score (nSPS) is 24.7. The summed E-state index contributed by atoms with van der Waals surface area (Å²) < 4.78 is 5.77. The van der Waals surface area contributed by atoms with Crippen molar-refractivity contribution in [1.82, 2.24) is 9.88 Å². The summed E-state index contributed by atoms with van der Waals surface area (Å²) in [7, 11) is 0. The molecule has 0 spiro atoms. The van der Waals surface area contributed by atoms with E-state index in [2.05, 4.69) is 11.1 Å². The molecule has 0 radical (unpaired) electrons. The van der Waals surface area contributed by atoms with Crippen molar-refractivity contribution in [2.75, 3.05) is 13.1 Å². The number of aromatic amines is 1. The molecule has 24 heavy (non-hydrogen) atoms. The highest BCUT2D eigenvalue weighted by Gasteiger charge is 2.28. The van der Waals surface area contributed by atoms with Gasteiger partial charge >= 0.3 is 0 Å². The molecule has 2 aromatic rings. The molecule has 1 saturated heterocycles. The minimum Gasteiger partial charge on any atom is -0.372 e. The fourth-order valence-corrected chi connectivity index (χ4v) is 4.30. The van der Waals surface area contributed by atoms with Gasteiger partial charge in [-0.05, 0) is 51.2 Å².